The second-order valence-electron chi connectivity index (χ2n) is 5.49. The van der Waals surface area contributed by atoms with Crippen molar-refractivity contribution in [3.8, 4) is 0 Å². The number of fused-ring (bicyclic) bond motifs is 2. The van der Waals surface area contributed by atoms with Crippen LogP contribution in [0.1, 0.15) is 29.3 Å². The predicted octanol–water partition coefficient (Wildman–Crippen LogP) is 3.03. The smallest absolute Gasteiger partial charge is 0.340 e. The lowest BCUT2D eigenvalue weighted by Gasteiger charge is -2.09. The SMILES string of the molecule is C[C@@H](OC(=O)c1cnc2c(c1)ncn2C)c1nc2ccccc2o1. The number of para-hydroxylation sites is 2. The highest BCUT2D eigenvalue weighted by Gasteiger charge is 2.19. The number of hydrogen-bond acceptors (Lipinski definition) is 6. The van der Waals surface area contributed by atoms with Crippen molar-refractivity contribution in [2.75, 3.05) is 0 Å². The van der Waals surface area contributed by atoms with Crippen LogP contribution in [0.25, 0.3) is 22.3 Å². The number of aryl methyl sites for hydroxylation is 1. The molecular weight excluding hydrogens is 308 g/mol. The van der Waals surface area contributed by atoms with Crippen molar-refractivity contribution in [3.05, 3.63) is 54.3 Å². The molecule has 0 aliphatic rings. The van der Waals surface area contributed by atoms with Gasteiger partial charge in [0.2, 0.25) is 5.89 Å². The fourth-order valence-electron chi connectivity index (χ4n) is 2.47. The first-order valence-electron chi connectivity index (χ1n) is 7.45. The molecule has 0 saturated heterocycles. The number of ether oxygens (including phenoxy) is 1. The first kappa shape index (κ1) is 14.4. The molecule has 7 heteroatoms. The van der Waals surface area contributed by atoms with E-state index < -0.39 is 12.1 Å². The molecule has 0 N–H and O–H groups in total. The number of oxazole rings is 1. The number of pyridine rings is 1. The van der Waals surface area contributed by atoms with Crippen molar-refractivity contribution in [1.29, 1.82) is 0 Å². The van der Waals surface area contributed by atoms with Gasteiger partial charge in [0.25, 0.3) is 0 Å². The lowest BCUT2D eigenvalue weighted by Crippen LogP contribution is -2.10. The molecule has 0 bridgehead atoms. The van der Waals surface area contributed by atoms with Crippen LogP contribution in [0.2, 0.25) is 0 Å². The fourth-order valence-corrected chi connectivity index (χ4v) is 2.47. The van der Waals surface area contributed by atoms with E-state index in [2.05, 4.69) is 15.0 Å². The van der Waals surface area contributed by atoms with Crippen molar-refractivity contribution in [1.82, 2.24) is 19.5 Å². The summed E-state index contributed by atoms with van der Waals surface area (Å²) >= 11 is 0. The summed E-state index contributed by atoms with van der Waals surface area (Å²) in [4.78, 5) is 25.1. The molecule has 0 aliphatic heterocycles. The highest BCUT2D eigenvalue weighted by Crippen LogP contribution is 2.23. The molecule has 7 nitrogen and oxygen atoms in total. The summed E-state index contributed by atoms with van der Waals surface area (Å²) in [5, 5.41) is 0. The van der Waals surface area contributed by atoms with Gasteiger partial charge in [-0.1, -0.05) is 12.1 Å². The number of imidazole rings is 1. The van der Waals surface area contributed by atoms with Gasteiger partial charge < -0.3 is 13.7 Å². The lowest BCUT2D eigenvalue weighted by molar-refractivity contribution is 0.0282. The number of aromatic nitrogens is 4. The van der Waals surface area contributed by atoms with Crippen LogP contribution in [0, 0.1) is 0 Å². The van der Waals surface area contributed by atoms with Crippen LogP contribution in [0.15, 0.2) is 47.3 Å². The average Bonchev–Trinajstić information content (AvgIpc) is 3.18. The minimum atomic E-state index is -0.607. The van der Waals surface area contributed by atoms with Crippen LogP contribution < -0.4 is 0 Å². The number of hydrogen-bond donors (Lipinski definition) is 0. The second kappa shape index (κ2) is 5.45. The number of rotatable bonds is 3. The van der Waals surface area contributed by atoms with Crippen LogP contribution >= 0.6 is 0 Å². The van der Waals surface area contributed by atoms with E-state index in [0.717, 1.165) is 5.52 Å². The van der Waals surface area contributed by atoms with Gasteiger partial charge in [0.05, 0.1) is 11.9 Å². The van der Waals surface area contributed by atoms with Gasteiger partial charge in [0.15, 0.2) is 17.3 Å². The van der Waals surface area contributed by atoms with Crippen LogP contribution in [-0.2, 0) is 11.8 Å². The topological polar surface area (TPSA) is 83.0 Å². The summed E-state index contributed by atoms with van der Waals surface area (Å²) in [7, 11) is 1.84. The molecule has 0 amide bonds. The largest absolute Gasteiger partial charge is 0.449 e. The second-order valence-corrected chi connectivity index (χ2v) is 5.49. The normalized spacial score (nSPS) is 12.6. The number of benzene rings is 1. The van der Waals surface area contributed by atoms with Gasteiger partial charge in [-0.05, 0) is 25.1 Å². The van der Waals surface area contributed by atoms with Gasteiger partial charge in [0, 0.05) is 13.2 Å². The maximum absolute atomic E-state index is 12.3. The Morgan fingerprint density at radius 2 is 2.08 bits per heavy atom. The minimum absolute atomic E-state index is 0.337. The Morgan fingerprint density at radius 1 is 1.25 bits per heavy atom. The van der Waals surface area contributed by atoms with Crippen molar-refractivity contribution in [2.45, 2.75) is 13.0 Å². The van der Waals surface area contributed by atoms with Crippen molar-refractivity contribution in [3.63, 3.8) is 0 Å². The molecule has 0 unspecified atom stereocenters. The first-order chi connectivity index (χ1) is 11.6. The molecule has 120 valence electrons. The van der Waals surface area contributed by atoms with Gasteiger partial charge >= 0.3 is 5.97 Å². The molecule has 4 rings (SSSR count). The Balaban J connectivity index is 1.57. The van der Waals surface area contributed by atoms with Gasteiger partial charge in [-0.25, -0.2) is 19.7 Å². The van der Waals surface area contributed by atoms with E-state index in [9.17, 15) is 4.79 Å². The van der Waals surface area contributed by atoms with Crippen LogP contribution in [0.3, 0.4) is 0 Å². The van der Waals surface area contributed by atoms with Crippen molar-refractivity contribution >= 4 is 28.2 Å². The zero-order chi connectivity index (χ0) is 16.7. The van der Waals surface area contributed by atoms with E-state index in [1.807, 2.05) is 31.3 Å². The van der Waals surface area contributed by atoms with Gasteiger partial charge in [-0.3, -0.25) is 0 Å². The Kier molecular flexibility index (Phi) is 3.26. The third-order valence-corrected chi connectivity index (χ3v) is 3.73. The molecule has 0 saturated carbocycles. The molecule has 0 radical (unpaired) electrons. The van der Waals surface area contributed by atoms with Crippen molar-refractivity contribution in [2.24, 2.45) is 7.05 Å². The number of nitrogens with zero attached hydrogens (tertiary/aromatic N) is 4. The number of carbonyl (C=O) groups is 1. The van der Waals surface area contributed by atoms with E-state index in [1.54, 1.807) is 23.9 Å². The maximum atomic E-state index is 12.3. The number of carbonyl (C=O) groups excluding carboxylic acids is 1. The Bertz CT molecular complexity index is 1020. The Labute approximate surface area is 136 Å². The summed E-state index contributed by atoms with van der Waals surface area (Å²) < 4.78 is 12.8. The monoisotopic (exact) mass is 322 g/mol. The van der Waals surface area contributed by atoms with Crippen LogP contribution in [-0.4, -0.2) is 25.5 Å². The fraction of sp³-hybridized carbons (Fsp3) is 0.176. The lowest BCUT2D eigenvalue weighted by atomic mass is 10.2. The van der Waals surface area contributed by atoms with Gasteiger partial charge in [-0.2, -0.15) is 0 Å². The van der Waals surface area contributed by atoms with E-state index in [0.29, 0.717) is 28.2 Å². The molecule has 3 heterocycles. The zero-order valence-electron chi connectivity index (χ0n) is 13.1. The standard InChI is InChI=1S/C17H14N4O3/c1-10(16-20-12-5-3-4-6-14(12)24-16)23-17(22)11-7-13-15(18-8-11)21(2)9-19-13/h3-10H,1-2H3/t10-/m1/s1. The molecule has 0 spiro atoms. The Morgan fingerprint density at radius 3 is 2.92 bits per heavy atom. The van der Waals surface area contributed by atoms with E-state index in [4.69, 9.17) is 9.15 Å². The molecule has 24 heavy (non-hydrogen) atoms. The van der Waals surface area contributed by atoms with E-state index in [-0.39, 0.29) is 0 Å². The predicted molar refractivity (Wildman–Crippen MR) is 86.3 cm³/mol. The summed E-state index contributed by atoms with van der Waals surface area (Å²) in [6, 6.07) is 9.05. The molecular formula is C17H14N4O3. The minimum Gasteiger partial charge on any atom is -0.449 e. The van der Waals surface area contributed by atoms with E-state index in [1.165, 1.54) is 6.20 Å². The quantitative estimate of drug-likeness (QED) is 0.539. The zero-order valence-corrected chi connectivity index (χ0v) is 13.1. The molecule has 1 aromatic carbocycles. The van der Waals surface area contributed by atoms with Gasteiger partial charge in [-0.15, -0.1) is 0 Å². The van der Waals surface area contributed by atoms with E-state index >= 15 is 0 Å². The number of esters is 1. The summed E-state index contributed by atoms with van der Waals surface area (Å²) in [6.45, 7) is 1.72. The highest BCUT2D eigenvalue weighted by atomic mass is 16.6. The van der Waals surface area contributed by atoms with Crippen LogP contribution in [0.5, 0.6) is 0 Å². The molecule has 0 fully saturated rings. The molecule has 3 aromatic heterocycles. The molecule has 0 aliphatic carbocycles. The van der Waals surface area contributed by atoms with Gasteiger partial charge in [0.1, 0.15) is 11.0 Å². The molecule has 1 atom stereocenters. The summed E-state index contributed by atoms with van der Waals surface area (Å²) in [5.41, 5.74) is 3.07. The third kappa shape index (κ3) is 2.40. The molecule has 4 aromatic rings. The third-order valence-electron chi connectivity index (χ3n) is 3.73. The summed E-state index contributed by atoms with van der Waals surface area (Å²) in [6.07, 6.45) is 2.52. The van der Waals surface area contributed by atoms with Crippen molar-refractivity contribution < 1.29 is 13.9 Å². The first-order valence-corrected chi connectivity index (χ1v) is 7.45. The summed E-state index contributed by atoms with van der Waals surface area (Å²) in [5.74, 6) is -0.138. The highest BCUT2D eigenvalue weighted by molar-refractivity contribution is 5.92. The Hall–Kier alpha value is -3.22. The van der Waals surface area contributed by atoms with Crippen LogP contribution in [0.4, 0.5) is 0 Å². The maximum Gasteiger partial charge on any atom is 0.340 e. The average molecular weight is 322 g/mol.